The zero-order chi connectivity index (χ0) is 27.7. The fourth-order valence-corrected chi connectivity index (χ4v) is 5.16. The van der Waals surface area contributed by atoms with Gasteiger partial charge >= 0.3 is 12.2 Å². The minimum absolute atomic E-state index is 0.0180. The van der Waals surface area contributed by atoms with Crippen LogP contribution in [0.25, 0.3) is 0 Å². The van der Waals surface area contributed by atoms with Crippen molar-refractivity contribution in [3.63, 3.8) is 0 Å². The number of ether oxygens (including phenoxy) is 2. The number of carbonyl (C=O) groups excluding carboxylic acids is 3. The Hall–Kier alpha value is -2.75. The molecule has 206 valence electrons. The van der Waals surface area contributed by atoms with E-state index in [1.165, 1.54) is 4.90 Å². The average Bonchev–Trinajstić information content (AvgIpc) is 3.16. The van der Waals surface area contributed by atoms with Gasteiger partial charge in [0.1, 0.15) is 23.8 Å². The Morgan fingerprint density at radius 3 is 2.32 bits per heavy atom. The summed E-state index contributed by atoms with van der Waals surface area (Å²) in [6.07, 6.45) is -1.35. The first kappa shape index (κ1) is 28.8. The van der Waals surface area contributed by atoms with E-state index in [1.54, 1.807) is 20.8 Å². The van der Waals surface area contributed by atoms with Gasteiger partial charge in [-0.3, -0.25) is 9.69 Å². The monoisotopic (exact) mass is 524 g/mol. The molecule has 2 heterocycles. The Labute approximate surface area is 216 Å². The number of imide groups is 1. The van der Waals surface area contributed by atoms with Crippen LogP contribution in [-0.4, -0.2) is 69.4 Å². The van der Waals surface area contributed by atoms with Crippen molar-refractivity contribution in [2.24, 2.45) is 11.8 Å². The summed E-state index contributed by atoms with van der Waals surface area (Å²) in [5.74, 6) is -3.74. The molecule has 37 heavy (non-hydrogen) atoms. The van der Waals surface area contributed by atoms with Crippen LogP contribution in [0.2, 0.25) is 0 Å². The van der Waals surface area contributed by atoms with Crippen molar-refractivity contribution in [3.8, 4) is 0 Å². The van der Waals surface area contributed by atoms with Crippen molar-refractivity contribution >= 4 is 18.1 Å². The van der Waals surface area contributed by atoms with E-state index in [2.05, 4.69) is 0 Å². The quantitative estimate of drug-likeness (QED) is 0.581. The first-order valence-electron chi connectivity index (χ1n) is 12.8. The van der Waals surface area contributed by atoms with E-state index in [1.807, 2.05) is 20.8 Å². The largest absolute Gasteiger partial charge is 0.447 e. The number of rotatable bonds is 6. The third-order valence-corrected chi connectivity index (χ3v) is 6.97. The van der Waals surface area contributed by atoms with Crippen LogP contribution in [0.5, 0.6) is 0 Å². The number of piperidine rings is 1. The number of hydrogen-bond donors (Lipinski definition) is 1. The number of cyclic esters (lactones) is 1. The molecule has 10 heteroatoms. The molecule has 0 saturated carbocycles. The molecule has 0 bridgehead atoms. The fourth-order valence-electron chi connectivity index (χ4n) is 5.16. The topological polar surface area (TPSA) is 96.4 Å². The van der Waals surface area contributed by atoms with Crippen LogP contribution in [0.4, 0.5) is 18.4 Å². The molecular formula is C27H38F2N2O6. The number of aliphatic hydroxyl groups excluding tert-OH is 1. The van der Waals surface area contributed by atoms with Crippen molar-refractivity contribution in [2.45, 2.75) is 97.1 Å². The Kier molecular flexibility index (Phi) is 8.82. The molecule has 2 aliphatic rings. The van der Waals surface area contributed by atoms with Gasteiger partial charge in [-0.05, 0) is 77.0 Å². The number of halogens is 2. The molecule has 1 aromatic carbocycles. The van der Waals surface area contributed by atoms with Crippen molar-refractivity contribution in [2.75, 3.05) is 6.61 Å². The first-order valence-corrected chi connectivity index (χ1v) is 12.8. The molecule has 3 rings (SSSR count). The van der Waals surface area contributed by atoms with Gasteiger partial charge in [-0.1, -0.05) is 13.8 Å². The molecule has 1 N–H and O–H groups in total. The number of hydrogen-bond acceptors (Lipinski definition) is 6. The van der Waals surface area contributed by atoms with Crippen molar-refractivity contribution in [3.05, 3.63) is 35.4 Å². The second-order valence-corrected chi connectivity index (χ2v) is 11.4. The minimum atomic E-state index is -1.43. The van der Waals surface area contributed by atoms with Crippen LogP contribution < -0.4 is 0 Å². The lowest BCUT2D eigenvalue weighted by atomic mass is 9.83. The third-order valence-electron chi connectivity index (χ3n) is 6.97. The second kappa shape index (κ2) is 11.3. The van der Waals surface area contributed by atoms with Crippen molar-refractivity contribution in [1.82, 2.24) is 9.80 Å². The lowest BCUT2D eigenvalue weighted by molar-refractivity contribution is -0.141. The van der Waals surface area contributed by atoms with Gasteiger partial charge in [0.15, 0.2) is 0 Å². The zero-order valence-corrected chi connectivity index (χ0v) is 22.4. The van der Waals surface area contributed by atoms with E-state index in [0.29, 0.717) is 19.3 Å². The van der Waals surface area contributed by atoms with Gasteiger partial charge in [0.2, 0.25) is 5.91 Å². The molecule has 0 spiro atoms. The summed E-state index contributed by atoms with van der Waals surface area (Å²) in [6, 6.07) is 1.27. The minimum Gasteiger partial charge on any atom is -0.447 e. The van der Waals surface area contributed by atoms with Gasteiger partial charge in [0.05, 0.1) is 24.1 Å². The number of nitrogens with zero attached hydrogens (tertiary/aromatic N) is 2. The molecule has 1 aromatic rings. The van der Waals surface area contributed by atoms with Gasteiger partial charge in [0.25, 0.3) is 0 Å². The summed E-state index contributed by atoms with van der Waals surface area (Å²) in [5, 5.41) is 11.7. The number of amides is 3. The van der Waals surface area contributed by atoms with Gasteiger partial charge in [0, 0.05) is 12.1 Å². The summed E-state index contributed by atoms with van der Waals surface area (Å²) >= 11 is 0. The summed E-state index contributed by atoms with van der Waals surface area (Å²) in [7, 11) is 0. The number of likely N-dealkylation sites (tertiary alicyclic amines) is 1. The highest BCUT2D eigenvalue weighted by atomic mass is 19.1. The molecule has 3 amide bonds. The lowest BCUT2D eigenvalue weighted by Gasteiger charge is -2.44. The molecule has 2 saturated heterocycles. The standard InChI is InChI=1S/C27H38F2N2O6/c1-15(2)22-14-36-25(34)31(22)24(33)20(12-17-10-18(28)13-19(29)11-17)23(32)21-9-7-8-16(3)30(21)26(35)37-27(4,5)6/h10-11,13,15-16,20-23,32H,7-9,12,14H2,1-6H3/t16-,20?,21?,22+,23-/m0/s1. The SMILES string of the molecule is CC(C)[C@H]1COC(=O)N1C(=O)C(Cc1cc(F)cc(F)c1)[C@H](O)C1CCC[C@H](C)N1C(=O)OC(C)(C)C. The normalized spacial score (nSPS) is 24.2. The highest BCUT2D eigenvalue weighted by Crippen LogP contribution is 2.33. The van der Waals surface area contributed by atoms with Crippen LogP contribution in [-0.2, 0) is 20.7 Å². The van der Waals surface area contributed by atoms with E-state index in [9.17, 15) is 28.3 Å². The Morgan fingerprint density at radius 1 is 1.14 bits per heavy atom. The van der Waals surface area contributed by atoms with Crippen LogP contribution in [0.1, 0.15) is 66.4 Å². The van der Waals surface area contributed by atoms with Crippen LogP contribution in [0, 0.1) is 23.5 Å². The van der Waals surface area contributed by atoms with Gasteiger partial charge in [-0.2, -0.15) is 0 Å². The van der Waals surface area contributed by atoms with Gasteiger partial charge in [-0.15, -0.1) is 0 Å². The number of aliphatic hydroxyl groups is 1. The first-order chi connectivity index (χ1) is 17.2. The summed E-state index contributed by atoms with van der Waals surface area (Å²) in [6.45, 7) is 10.8. The summed E-state index contributed by atoms with van der Waals surface area (Å²) in [4.78, 5) is 42.0. The fraction of sp³-hybridized carbons (Fsp3) is 0.667. The number of carbonyl (C=O) groups is 3. The average molecular weight is 525 g/mol. The molecule has 2 unspecified atom stereocenters. The molecule has 2 aliphatic heterocycles. The highest BCUT2D eigenvalue weighted by molar-refractivity contribution is 5.95. The molecule has 2 fully saturated rings. The molecule has 0 aliphatic carbocycles. The Morgan fingerprint density at radius 2 is 1.76 bits per heavy atom. The van der Waals surface area contributed by atoms with Crippen LogP contribution in [0.15, 0.2) is 18.2 Å². The number of benzene rings is 1. The molecule has 0 aromatic heterocycles. The zero-order valence-electron chi connectivity index (χ0n) is 22.4. The van der Waals surface area contributed by atoms with Crippen LogP contribution in [0.3, 0.4) is 0 Å². The maximum Gasteiger partial charge on any atom is 0.416 e. The molecule has 5 atom stereocenters. The van der Waals surface area contributed by atoms with E-state index in [-0.39, 0.29) is 30.6 Å². The third kappa shape index (κ3) is 6.77. The lowest BCUT2D eigenvalue weighted by Crippen LogP contribution is -2.59. The maximum atomic E-state index is 14.0. The van der Waals surface area contributed by atoms with Gasteiger partial charge in [-0.25, -0.2) is 23.3 Å². The van der Waals surface area contributed by atoms with Crippen molar-refractivity contribution in [1.29, 1.82) is 0 Å². The van der Waals surface area contributed by atoms with Crippen molar-refractivity contribution < 1.29 is 37.7 Å². The van der Waals surface area contributed by atoms with E-state index >= 15 is 0 Å². The Bertz CT molecular complexity index is 991. The molecular weight excluding hydrogens is 486 g/mol. The maximum absolute atomic E-state index is 14.0. The summed E-state index contributed by atoms with van der Waals surface area (Å²) < 4.78 is 38.7. The molecule has 8 nitrogen and oxygen atoms in total. The Balaban J connectivity index is 2.00. The summed E-state index contributed by atoms with van der Waals surface area (Å²) in [5.41, 5.74) is -0.627. The van der Waals surface area contributed by atoms with E-state index < -0.39 is 59.4 Å². The predicted octanol–water partition coefficient (Wildman–Crippen LogP) is 4.67. The second-order valence-electron chi connectivity index (χ2n) is 11.4. The predicted molar refractivity (Wildman–Crippen MR) is 132 cm³/mol. The smallest absolute Gasteiger partial charge is 0.416 e. The highest BCUT2D eigenvalue weighted by Gasteiger charge is 2.48. The van der Waals surface area contributed by atoms with Gasteiger partial charge < -0.3 is 14.6 Å². The van der Waals surface area contributed by atoms with E-state index in [0.717, 1.165) is 23.1 Å². The molecule has 0 radical (unpaired) electrons. The van der Waals surface area contributed by atoms with Crippen LogP contribution >= 0.6 is 0 Å². The van der Waals surface area contributed by atoms with E-state index in [4.69, 9.17) is 9.47 Å².